The molecule has 0 aliphatic rings. The second-order valence-electron chi connectivity index (χ2n) is 3.63. The molecular formula is C12H8Cl3NO2. The van der Waals surface area contributed by atoms with Gasteiger partial charge in [-0.2, -0.15) is 0 Å². The van der Waals surface area contributed by atoms with E-state index in [9.17, 15) is 4.79 Å². The van der Waals surface area contributed by atoms with Crippen LogP contribution >= 0.6 is 34.8 Å². The number of aliphatic hydroxyl groups excluding tert-OH is 1. The molecule has 0 saturated carbocycles. The van der Waals surface area contributed by atoms with E-state index in [4.69, 9.17) is 39.9 Å². The molecule has 2 rings (SSSR count). The van der Waals surface area contributed by atoms with Gasteiger partial charge in [0.05, 0.1) is 21.7 Å². The minimum Gasteiger partial charge on any atom is -0.390 e. The van der Waals surface area contributed by atoms with Gasteiger partial charge in [-0.3, -0.25) is 4.79 Å². The van der Waals surface area contributed by atoms with Crippen molar-refractivity contribution < 1.29 is 5.11 Å². The Kier molecular flexibility index (Phi) is 3.97. The van der Waals surface area contributed by atoms with Gasteiger partial charge in [0.15, 0.2) is 0 Å². The predicted molar refractivity (Wildman–Crippen MR) is 73.5 cm³/mol. The number of aromatic nitrogens is 1. The van der Waals surface area contributed by atoms with Crippen molar-refractivity contribution in [3.05, 3.63) is 55.4 Å². The Morgan fingerprint density at radius 1 is 1.00 bits per heavy atom. The van der Waals surface area contributed by atoms with Crippen LogP contribution in [0.3, 0.4) is 0 Å². The van der Waals surface area contributed by atoms with Crippen LogP contribution in [0.5, 0.6) is 0 Å². The van der Waals surface area contributed by atoms with E-state index in [0.717, 1.165) is 0 Å². The van der Waals surface area contributed by atoms with Crippen molar-refractivity contribution >= 4 is 34.8 Å². The predicted octanol–water partition coefficient (Wildman–Crippen LogP) is 3.49. The largest absolute Gasteiger partial charge is 0.390 e. The van der Waals surface area contributed by atoms with E-state index in [1.807, 2.05) is 0 Å². The number of hydrogen-bond acceptors (Lipinski definition) is 2. The number of H-pyrrole nitrogens is 1. The fraction of sp³-hybridized carbons (Fsp3) is 0.0833. The van der Waals surface area contributed by atoms with Gasteiger partial charge in [-0.1, -0.05) is 34.8 Å². The van der Waals surface area contributed by atoms with Crippen LogP contribution in [0.2, 0.25) is 15.1 Å². The number of rotatable bonds is 2. The zero-order chi connectivity index (χ0) is 13.3. The molecule has 3 nitrogen and oxygen atoms in total. The molecule has 0 spiro atoms. The van der Waals surface area contributed by atoms with Gasteiger partial charge in [0, 0.05) is 16.8 Å². The van der Waals surface area contributed by atoms with Crippen LogP contribution < -0.4 is 5.56 Å². The third-order valence-corrected chi connectivity index (χ3v) is 3.48. The highest BCUT2D eigenvalue weighted by Crippen LogP contribution is 2.33. The lowest BCUT2D eigenvalue weighted by atomic mass is 10.1. The zero-order valence-corrected chi connectivity index (χ0v) is 11.3. The van der Waals surface area contributed by atoms with E-state index in [0.29, 0.717) is 31.9 Å². The van der Waals surface area contributed by atoms with Crippen molar-refractivity contribution in [2.24, 2.45) is 0 Å². The molecule has 0 atom stereocenters. The summed E-state index contributed by atoms with van der Waals surface area (Å²) in [6.45, 7) is -0.232. The third-order valence-electron chi connectivity index (χ3n) is 2.44. The molecule has 0 saturated heterocycles. The van der Waals surface area contributed by atoms with E-state index in [1.54, 1.807) is 12.1 Å². The molecule has 2 aromatic rings. The average Bonchev–Trinajstić information content (AvgIpc) is 2.34. The maximum atomic E-state index is 11.8. The quantitative estimate of drug-likeness (QED) is 0.834. The van der Waals surface area contributed by atoms with Crippen molar-refractivity contribution in [1.29, 1.82) is 0 Å². The van der Waals surface area contributed by atoms with E-state index in [2.05, 4.69) is 4.98 Å². The highest BCUT2D eigenvalue weighted by atomic mass is 35.5. The average molecular weight is 305 g/mol. The highest BCUT2D eigenvalue weighted by molar-refractivity contribution is 6.44. The van der Waals surface area contributed by atoms with Crippen LogP contribution in [0.15, 0.2) is 29.1 Å². The van der Waals surface area contributed by atoms with Crippen LogP contribution in [-0.4, -0.2) is 10.1 Å². The lowest BCUT2D eigenvalue weighted by Crippen LogP contribution is -2.11. The molecule has 6 heteroatoms. The number of benzene rings is 1. The second kappa shape index (κ2) is 5.33. The van der Waals surface area contributed by atoms with Crippen LogP contribution in [0.1, 0.15) is 5.69 Å². The van der Waals surface area contributed by atoms with Gasteiger partial charge in [-0.05, 0) is 24.3 Å². The smallest absolute Gasteiger partial charge is 0.256 e. The van der Waals surface area contributed by atoms with Gasteiger partial charge in [0.2, 0.25) is 0 Å². The minimum absolute atomic E-state index is 0.232. The van der Waals surface area contributed by atoms with E-state index >= 15 is 0 Å². The van der Waals surface area contributed by atoms with Gasteiger partial charge >= 0.3 is 0 Å². The number of hydrogen-bond donors (Lipinski definition) is 2. The molecule has 0 unspecified atom stereocenters. The van der Waals surface area contributed by atoms with Crippen molar-refractivity contribution in [3.8, 4) is 11.1 Å². The molecule has 0 fully saturated rings. The second-order valence-corrected chi connectivity index (χ2v) is 4.85. The van der Waals surface area contributed by atoms with Crippen LogP contribution in [0.4, 0.5) is 0 Å². The molecule has 0 radical (unpaired) electrons. The molecule has 0 amide bonds. The molecule has 1 aromatic heterocycles. The summed E-state index contributed by atoms with van der Waals surface area (Å²) in [6, 6.07) is 6.21. The highest BCUT2D eigenvalue weighted by Gasteiger charge is 2.11. The number of aromatic amines is 1. The zero-order valence-electron chi connectivity index (χ0n) is 9.01. The number of halogens is 3. The summed E-state index contributed by atoms with van der Waals surface area (Å²) in [4.78, 5) is 14.4. The summed E-state index contributed by atoms with van der Waals surface area (Å²) in [7, 11) is 0. The maximum absolute atomic E-state index is 11.8. The van der Waals surface area contributed by atoms with Gasteiger partial charge in [-0.25, -0.2) is 0 Å². The Labute approximate surface area is 118 Å². The van der Waals surface area contributed by atoms with E-state index in [-0.39, 0.29) is 12.2 Å². The molecule has 94 valence electrons. The third kappa shape index (κ3) is 2.54. The van der Waals surface area contributed by atoms with E-state index in [1.165, 1.54) is 12.1 Å². The van der Waals surface area contributed by atoms with Crippen molar-refractivity contribution in [2.45, 2.75) is 6.61 Å². The van der Waals surface area contributed by atoms with Crippen molar-refractivity contribution in [1.82, 2.24) is 4.98 Å². The summed E-state index contributed by atoms with van der Waals surface area (Å²) >= 11 is 17.8. The monoisotopic (exact) mass is 303 g/mol. The van der Waals surface area contributed by atoms with Gasteiger partial charge in [0.25, 0.3) is 5.56 Å². The fourth-order valence-corrected chi connectivity index (χ4v) is 2.20. The Balaban J connectivity index is 2.62. The van der Waals surface area contributed by atoms with Gasteiger partial charge < -0.3 is 10.1 Å². The lowest BCUT2D eigenvalue weighted by Gasteiger charge is -2.06. The Hall–Kier alpha value is -1.000. The molecular weight excluding hydrogens is 296 g/mol. The topological polar surface area (TPSA) is 53.1 Å². The summed E-state index contributed by atoms with van der Waals surface area (Å²) in [5.41, 5.74) is 0.953. The summed E-state index contributed by atoms with van der Waals surface area (Å²) in [5.74, 6) is 0. The first-order chi connectivity index (χ1) is 8.52. The number of aliphatic hydroxyl groups is 1. The summed E-state index contributed by atoms with van der Waals surface area (Å²) in [5, 5.41) is 9.91. The van der Waals surface area contributed by atoms with Crippen LogP contribution in [0, 0.1) is 0 Å². The first kappa shape index (κ1) is 13.4. The van der Waals surface area contributed by atoms with E-state index < -0.39 is 0 Å². The number of nitrogens with one attached hydrogen (secondary N) is 1. The summed E-state index contributed by atoms with van der Waals surface area (Å²) in [6.07, 6.45) is 0. The fourth-order valence-electron chi connectivity index (χ4n) is 1.55. The minimum atomic E-state index is -0.346. The molecule has 0 bridgehead atoms. The molecule has 1 heterocycles. The molecule has 18 heavy (non-hydrogen) atoms. The normalized spacial score (nSPS) is 10.7. The van der Waals surface area contributed by atoms with Gasteiger partial charge in [0.1, 0.15) is 0 Å². The maximum Gasteiger partial charge on any atom is 0.256 e. The van der Waals surface area contributed by atoms with Crippen molar-refractivity contribution in [2.75, 3.05) is 0 Å². The molecule has 0 aliphatic carbocycles. The van der Waals surface area contributed by atoms with Crippen molar-refractivity contribution in [3.63, 3.8) is 0 Å². The SMILES string of the molecule is O=c1[nH]c(CO)ccc1-c1cc(Cl)c(Cl)cc1Cl. The molecule has 0 aliphatic heterocycles. The standard InChI is InChI=1S/C12H8Cl3NO2/c13-9-4-11(15)10(14)3-8(9)7-2-1-6(5-17)16-12(7)18/h1-4,17H,5H2,(H,16,18). The lowest BCUT2D eigenvalue weighted by molar-refractivity contribution is 0.276. The summed E-state index contributed by atoms with van der Waals surface area (Å²) < 4.78 is 0. The first-order valence-corrected chi connectivity index (χ1v) is 6.14. The Morgan fingerprint density at radius 2 is 1.67 bits per heavy atom. The molecule has 2 N–H and O–H groups in total. The van der Waals surface area contributed by atoms with Crippen LogP contribution in [-0.2, 0) is 6.61 Å². The van der Waals surface area contributed by atoms with Gasteiger partial charge in [-0.15, -0.1) is 0 Å². The Morgan fingerprint density at radius 3 is 2.28 bits per heavy atom. The number of pyridine rings is 1. The van der Waals surface area contributed by atoms with Crippen LogP contribution in [0.25, 0.3) is 11.1 Å². The first-order valence-electron chi connectivity index (χ1n) is 5.01. The molecule has 1 aromatic carbocycles. The Bertz CT molecular complexity index is 652.